The van der Waals surface area contributed by atoms with Crippen LogP contribution in [-0.2, 0) is 5.41 Å². The molecule has 38 heavy (non-hydrogen) atoms. The molecule has 0 fully saturated rings. The summed E-state index contributed by atoms with van der Waals surface area (Å²) in [5, 5.41) is 0. The molecule has 0 aromatic heterocycles. The van der Waals surface area contributed by atoms with Crippen LogP contribution < -0.4 is 9.47 Å². The van der Waals surface area contributed by atoms with Gasteiger partial charge in [-0.1, -0.05) is 95.3 Å². The number of benzene rings is 4. The smallest absolute Gasteiger partial charge is 0.127 e. The van der Waals surface area contributed by atoms with Gasteiger partial charge in [-0.05, 0) is 96.8 Å². The Balaban J connectivity index is 1.41. The normalized spacial score (nSPS) is 12.7. The van der Waals surface area contributed by atoms with E-state index >= 15 is 0 Å². The van der Waals surface area contributed by atoms with Gasteiger partial charge in [0.15, 0.2) is 0 Å². The lowest BCUT2D eigenvalue weighted by molar-refractivity contribution is 0.105. The fourth-order valence-corrected chi connectivity index (χ4v) is 4.53. The fourth-order valence-electron chi connectivity index (χ4n) is 4.53. The van der Waals surface area contributed by atoms with Crippen LogP contribution in [0, 0.1) is 0 Å². The highest BCUT2D eigenvalue weighted by molar-refractivity contribution is 5.64. The van der Waals surface area contributed by atoms with Crippen LogP contribution in [-0.4, -0.2) is 5.60 Å². The topological polar surface area (TPSA) is 18.5 Å². The first-order chi connectivity index (χ1) is 18.1. The van der Waals surface area contributed by atoms with E-state index in [0.717, 1.165) is 30.1 Å². The molecule has 2 nitrogen and oxygen atoms in total. The zero-order chi connectivity index (χ0) is 27.3. The summed E-state index contributed by atoms with van der Waals surface area (Å²) in [6, 6.07) is 34.2. The fraction of sp³-hybridized carbons (Fsp3) is 0.333. The number of ether oxygens (including phenoxy) is 2. The lowest BCUT2D eigenvalue weighted by Gasteiger charge is -2.28. The molecule has 4 rings (SSSR count). The van der Waals surface area contributed by atoms with Crippen molar-refractivity contribution >= 4 is 0 Å². The van der Waals surface area contributed by atoms with Gasteiger partial charge in [0.25, 0.3) is 0 Å². The molecule has 0 aliphatic carbocycles. The van der Waals surface area contributed by atoms with Crippen LogP contribution in [0.4, 0.5) is 0 Å². The van der Waals surface area contributed by atoms with Crippen molar-refractivity contribution in [1.29, 1.82) is 0 Å². The molecule has 0 N–H and O–H groups in total. The van der Waals surface area contributed by atoms with E-state index in [1.807, 2.05) is 12.1 Å². The highest BCUT2D eigenvalue weighted by atomic mass is 16.5. The standard InChI is InChI=1S/C36H42O2/c1-8-26(3)27-10-12-28(13-11-27)29-14-20-32(21-15-29)37-33-22-16-30(17-23-33)36(6,7)31-18-24-34(25-19-31)38-35(4,5)9-2/h10-26H,8-9H2,1-7H3. The highest BCUT2D eigenvalue weighted by Gasteiger charge is 2.24. The molecular formula is C36H42O2. The van der Waals surface area contributed by atoms with Crippen LogP contribution in [0.15, 0.2) is 97.1 Å². The summed E-state index contributed by atoms with van der Waals surface area (Å²) in [5.74, 6) is 3.17. The van der Waals surface area contributed by atoms with Gasteiger partial charge < -0.3 is 9.47 Å². The average Bonchev–Trinajstić information content (AvgIpc) is 2.93. The summed E-state index contributed by atoms with van der Waals surface area (Å²) in [6.07, 6.45) is 2.12. The van der Waals surface area contributed by atoms with E-state index < -0.39 is 0 Å². The molecule has 198 valence electrons. The van der Waals surface area contributed by atoms with E-state index in [2.05, 4.69) is 133 Å². The van der Waals surface area contributed by atoms with E-state index in [1.54, 1.807) is 0 Å². The molecule has 2 heteroatoms. The highest BCUT2D eigenvalue weighted by Crippen LogP contribution is 2.35. The van der Waals surface area contributed by atoms with Crippen LogP contribution in [0.5, 0.6) is 17.2 Å². The van der Waals surface area contributed by atoms with Gasteiger partial charge in [-0.2, -0.15) is 0 Å². The number of rotatable bonds is 10. The molecule has 0 bridgehead atoms. The zero-order valence-electron chi connectivity index (χ0n) is 24.0. The molecule has 0 amide bonds. The Morgan fingerprint density at radius 3 is 1.45 bits per heavy atom. The van der Waals surface area contributed by atoms with E-state index in [4.69, 9.17) is 9.47 Å². The molecule has 0 spiro atoms. The maximum atomic E-state index is 6.16. The van der Waals surface area contributed by atoms with Gasteiger partial charge in [0.2, 0.25) is 0 Å². The minimum Gasteiger partial charge on any atom is -0.488 e. The minimum atomic E-state index is -0.161. The predicted molar refractivity (Wildman–Crippen MR) is 161 cm³/mol. The van der Waals surface area contributed by atoms with Crippen molar-refractivity contribution in [3.8, 4) is 28.4 Å². The van der Waals surface area contributed by atoms with Gasteiger partial charge in [-0.25, -0.2) is 0 Å². The Morgan fingerprint density at radius 1 is 0.579 bits per heavy atom. The number of hydrogen-bond acceptors (Lipinski definition) is 2. The van der Waals surface area contributed by atoms with E-state index in [9.17, 15) is 0 Å². The average molecular weight is 507 g/mol. The van der Waals surface area contributed by atoms with Crippen LogP contribution in [0.3, 0.4) is 0 Å². The quantitative estimate of drug-likeness (QED) is 0.213. The monoisotopic (exact) mass is 506 g/mol. The first-order valence-electron chi connectivity index (χ1n) is 13.9. The van der Waals surface area contributed by atoms with Crippen LogP contribution in [0.2, 0.25) is 0 Å². The minimum absolute atomic E-state index is 0.135. The molecule has 4 aromatic carbocycles. The van der Waals surface area contributed by atoms with Crippen molar-refractivity contribution in [2.75, 3.05) is 0 Å². The Labute approximate surface area is 229 Å². The van der Waals surface area contributed by atoms with Crippen LogP contribution in [0.1, 0.15) is 83.9 Å². The lowest BCUT2D eigenvalue weighted by atomic mass is 9.78. The Morgan fingerprint density at radius 2 is 1.00 bits per heavy atom. The van der Waals surface area contributed by atoms with Crippen LogP contribution >= 0.6 is 0 Å². The SMILES string of the molecule is CCC(C)c1ccc(-c2ccc(Oc3ccc(C(C)(C)c4ccc(OC(C)(C)CC)cc4)cc3)cc2)cc1. The maximum absolute atomic E-state index is 6.16. The molecule has 4 aromatic rings. The van der Waals surface area contributed by atoms with Crippen molar-refractivity contribution < 1.29 is 9.47 Å². The van der Waals surface area contributed by atoms with Crippen molar-refractivity contribution in [2.24, 2.45) is 0 Å². The molecule has 1 unspecified atom stereocenters. The molecule has 0 radical (unpaired) electrons. The first-order valence-corrected chi connectivity index (χ1v) is 13.9. The third-order valence-electron chi connectivity index (χ3n) is 7.91. The zero-order valence-corrected chi connectivity index (χ0v) is 24.0. The second kappa shape index (κ2) is 11.5. The molecular weight excluding hydrogens is 464 g/mol. The second-order valence-electron chi connectivity index (χ2n) is 11.4. The van der Waals surface area contributed by atoms with Gasteiger partial charge in [-0.15, -0.1) is 0 Å². The first kappa shape index (κ1) is 27.5. The molecule has 0 saturated heterocycles. The maximum Gasteiger partial charge on any atom is 0.127 e. The summed E-state index contributed by atoms with van der Waals surface area (Å²) in [4.78, 5) is 0. The molecule has 0 aliphatic heterocycles. The van der Waals surface area contributed by atoms with E-state index in [1.165, 1.54) is 27.8 Å². The van der Waals surface area contributed by atoms with Gasteiger partial charge in [0, 0.05) is 5.41 Å². The van der Waals surface area contributed by atoms with Crippen molar-refractivity contribution in [1.82, 2.24) is 0 Å². The van der Waals surface area contributed by atoms with Crippen LogP contribution in [0.25, 0.3) is 11.1 Å². The summed E-state index contributed by atoms with van der Waals surface area (Å²) in [5.41, 5.74) is 6.01. The molecule has 1 atom stereocenters. The van der Waals surface area contributed by atoms with Crippen molar-refractivity contribution in [2.45, 2.75) is 78.2 Å². The lowest BCUT2D eigenvalue weighted by Crippen LogP contribution is -2.26. The molecule has 0 aliphatic rings. The van der Waals surface area contributed by atoms with Gasteiger partial charge >= 0.3 is 0 Å². The Bertz CT molecular complexity index is 1300. The molecule has 0 saturated carbocycles. The van der Waals surface area contributed by atoms with Gasteiger partial charge in [0.05, 0.1) is 0 Å². The Hall–Kier alpha value is -3.52. The van der Waals surface area contributed by atoms with E-state index in [0.29, 0.717) is 5.92 Å². The summed E-state index contributed by atoms with van der Waals surface area (Å²) in [7, 11) is 0. The summed E-state index contributed by atoms with van der Waals surface area (Å²) >= 11 is 0. The third kappa shape index (κ3) is 6.48. The van der Waals surface area contributed by atoms with Crippen molar-refractivity contribution in [3.63, 3.8) is 0 Å². The summed E-state index contributed by atoms with van der Waals surface area (Å²) < 4.78 is 12.3. The largest absolute Gasteiger partial charge is 0.488 e. The number of hydrogen-bond donors (Lipinski definition) is 0. The Kier molecular flexibility index (Phi) is 8.31. The third-order valence-corrected chi connectivity index (χ3v) is 7.91. The molecule has 0 heterocycles. The van der Waals surface area contributed by atoms with Crippen molar-refractivity contribution in [3.05, 3.63) is 114 Å². The predicted octanol–water partition coefficient (Wildman–Crippen LogP) is 10.6. The van der Waals surface area contributed by atoms with E-state index in [-0.39, 0.29) is 11.0 Å². The van der Waals surface area contributed by atoms with Gasteiger partial charge in [-0.3, -0.25) is 0 Å². The second-order valence-corrected chi connectivity index (χ2v) is 11.4. The summed E-state index contributed by atoms with van der Waals surface area (Å²) in [6.45, 7) is 15.4. The van der Waals surface area contributed by atoms with Gasteiger partial charge in [0.1, 0.15) is 22.8 Å².